The maximum atomic E-state index is 12.5. The zero-order valence-electron chi connectivity index (χ0n) is 15.9. The van der Waals surface area contributed by atoms with E-state index in [4.69, 9.17) is 27.9 Å². The normalized spacial score (nSPS) is 10.8. The first-order chi connectivity index (χ1) is 14.5. The van der Waals surface area contributed by atoms with Gasteiger partial charge in [-0.05, 0) is 42.5 Å². The molecule has 2 N–H and O–H groups in total. The summed E-state index contributed by atoms with van der Waals surface area (Å²) in [4.78, 5) is 12.5. The first kappa shape index (κ1) is 20.0. The lowest BCUT2D eigenvalue weighted by Crippen LogP contribution is -2.13. The molecular weight excluding hydrogens is 425 g/mol. The van der Waals surface area contributed by atoms with Gasteiger partial charge in [0, 0.05) is 33.4 Å². The summed E-state index contributed by atoms with van der Waals surface area (Å²) < 4.78 is 6.80. The Balaban J connectivity index is 1.44. The predicted molar refractivity (Wildman–Crippen MR) is 116 cm³/mol. The fourth-order valence-corrected chi connectivity index (χ4v) is 3.41. The molecular formula is C21H17Cl2N5O2. The summed E-state index contributed by atoms with van der Waals surface area (Å²) in [5, 5.41) is 15.2. The zero-order valence-corrected chi connectivity index (χ0v) is 17.4. The van der Waals surface area contributed by atoms with Crippen molar-refractivity contribution >= 4 is 34.9 Å². The second-order valence-electron chi connectivity index (χ2n) is 6.45. The monoisotopic (exact) mass is 441 g/mol. The zero-order chi connectivity index (χ0) is 21.1. The number of H-pyrrole nitrogens is 1. The largest absolute Gasteiger partial charge is 0.497 e. The minimum Gasteiger partial charge on any atom is -0.497 e. The van der Waals surface area contributed by atoms with Crippen LogP contribution in [0, 0.1) is 0 Å². The fourth-order valence-electron chi connectivity index (χ4n) is 2.89. The number of anilines is 1. The van der Waals surface area contributed by atoms with E-state index >= 15 is 0 Å². The van der Waals surface area contributed by atoms with E-state index < -0.39 is 0 Å². The summed E-state index contributed by atoms with van der Waals surface area (Å²) in [6.07, 6.45) is 1.74. The van der Waals surface area contributed by atoms with Crippen LogP contribution in [0.15, 0.2) is 60.8 Å². The fraction of sp³-hybridized carbons (Fsp3) is 0.0952. The van der Waals surface area contributed by atoms with Gasteiger partial charge in [-0.25, -0.2) is 0 Å². The first-order valence-electron chi connectivity index (χ1n) is 9.01. The highest BCUT2D eigenvalue weighted by molar-refractivity contribution is 6.35. The van der Waals surface area contributed by atoms with Crippen molar-refractivity contribution in [3.05, 3.63) is 82.1 Å². The van der Waals surface area contributed by atoms with Gasteiger partial charge in [0.15, 0.2) is 5.82 Å². The second kappa shape index (κ2) is 8.61. The van der Waals surface area contributed by atoms with E-state index in [1.165, 1.54) is 0 Å². The Morgan fingerprint density at radius 1 is 1.13 bits per heavy atom. The number of ether oxygens (including phenoxy) is 1. The average molecular weight is 442 g/mol. The van der Waals surface area contributed by atoms with Gasteiger partial charge in [0.25, 0.3) is 5.91 Å². The molecule has 1 amide bonds. The predicted octanol–water partition coefficient (Wildman–Crippen LogP) is 4.89. The smallest absolute Gasteiger partial charge is 0.274 e. The number of benzene rings is 2. The van der Waals surface area contributed by atoms with Crippen LogP contribution in [0.3, 0.4) is 0 Å². The Morgan fingerprint density at radius 3 is 2.57 bits per heavy atom. The third-order valence-electron chi connectivity index (χ3n) is 4.47. The van der Waals surface area contributed by atoms with E-state index in [1.807, 2.05) is 24.3 Å². The number of hydrogen-bond acceptors (Lipinski definition) is 4. The van der Waals surface area contributed by atoms with Crippen molar-refractivity contribution in [3.63, 3.8) is 0 Å². The Labute approximate surface area is 182 Å². The van der Waals surface area contributed by atoms with Gasteiger partial charge in [0.05, 0.1) is 19.3 Å². The molecule has 30 heavy (non-hydrogen) atoms. The van der Waals surface area contributed by atoms with Gasteiger partial charge in [-0.2, -0.15) is 10.2 Å². The summed E-state index contributed by atoms with van der Waals surface area (Å²) in [6.45, 7) is 0.389. The van der Waals surface area contributed by atoms with Crippen molar-refractivity contribution in [1.82, 2.24) is 20.0 Å². The number of methoxy groups -OCH3 is 1. The quantitative estimate of drug-likeness (QED) is 0.445. The second-order valence-corrected chi connectivity index (χ2v) is 7.26. The number of aromatic amines is 1. The van der Waals surface area contributed by atoms with E-state index in [0.29, 0.717) is 33.8 Å². The van der Waals surface area contributed by atoms with Crippen LogP contribution >= 0.6 is 23.2 Å². The van der Waals surface area contributed by atoms with E-state index in [0.717, 1.165) is 16.9 Å². The van der Waals surface area contributed by atoms with E-state index in [9.17, 15) is 4.79 Å². The van der Waals surface area contributed by atoms with E-state index in [2.05, 4.69) is 20.6 Å². The summed E-state index contributed by atoms with van der Waals surface area (Å²) in [5.41, 5.74) is 2.61. The molecule has 0 radical (unpaired) electrons. The molecule has 4 aromatic rings. The number of carbonyl (C=O) groups excluding carboxylic acids is 1. The lowest BCUT2D eigenvalue weighted by Gasteiger charge is -2.06. The number of nitrogens with zero attached hydrogens (tertiary/aromatic N) is 3. The number of amides is 1. The highest BCUT2D eigenvalue weighted by Gasteiger charge is 2.13. The highest BCUT2D eigenvalue weighted by atomic mass is 35.5. The number of rotatable bonds is 6. The lowest BCUT2D eigenvalue weighted by molar-refractivity contribution is 0.102. The molecule has 0 saturated carbocycles. The van der Waals surface area contributed by atoms with Crippen LogP contribution in [0.1, 0.15) is 16.1 Å². The molecule has 9 heteroatoms. The molecule has 0 unspecified atom stereocenters. The van der Waals surface area contributed by atoms with Crippen LogP contribution < -0.4 is 10.1 Å². The molecule has 2 aromatic heterocycles. The molecule has 4 rings (SSSR count). The Bertz CT molecular complexity index is 1160. The topological polar surface area (TPSA) is 84.8 Å². The van der Waals surface area contributed by atoms with Gasteiger partial charge in [-0.3, -0.25) is 14.6 Å². The van der Waals surface area contributed by atoms with Crippen molar-refractivity contribution in [2.45, 2.75) is 6.54 Å². The summed E-state index contributed by atoms with van der Waals surface area (Å²) in [6, 6.07) is 16.1. The van der Waals surface area contributed by atoms with Crippen molar-refractivity contribution in [2.24, 2.45) is 0 Å². The van der Waals surface area contributed by atoms with E-state index in [1.54, 1.807) is 48.3 Å². The standard InChI is InChI=1S/C21H17Cl2N5O2/c1-30-14-7-5-13(6-8-14)18-11-19(26-25-18)21(29)24-20-9-10-28(27-20)12-15-16(22)3-2-4-17(15)23/h2-11H,12H2,1H3,(H,25,26)(H,24,27,29). The summed E-state index contributed by atoms with van der Waals surface area (Å²) >= 11 is 12.4. The van der Waals surface area contributed by atoms with Crippen LogP contribution in [0.5, 0.6) is 5.75 Å². The number of nitrogens with one attached hydrogen (secondary N) is 2. The van der Waals surface area contributed by atoms with Crippen LogP contribution in [-0.4, -0.2) is 33.0 Å². The van der Waals surface area contributed by atoms with Gasteiger partial charge in [-0.1, -0.05) is 29.3 Å². The van der Waals surface area contributed by atoms with Gasteiger partial charge in [-0.15, -0.1) is 0 Å². The first-order valence-corrected chi connectivity index (χ1v) is 9.76. The molecule has 0 aliphatic heterocycles. The average Bonchev–Trinajstić information content (AvgIpc) is 3.41. The SMILES string of the molecule is COc1ccc(-c2cc(C(=O)Nc3ccn(Cc4c(Cl)cccc4Cl)n3)[nH]n2)cc1. The molecule has 0 fully saturated rings. The van der Waals surface area contributed by atoms with Gasteiger partial charge >= 0.3 is 0 Å². The van der Waals surface area contributed by atoms with Crippen molar-refractivity contribution in [3.8, 4) is 17.0 Å². The number of carbonyl (C=O) groups is 1. The highest BCUT2D eigenvalue weighted by Crippen LogP contribution is 2.25. The molecule has 0 spiro atoms. The Kier molecular flexibility index (Phi) is 5.74. The maximum Gasteiger partial charge on any atom is 0.274 e. The molecule has 0 aliphatic carbocycles. The molecule has 0 aliphatic rings. The number of hydrogen-bond donors (Lipinski definition) is 2. The minimum atomic E-state index is -0.344. The summed E-state index contributed by atoms with van der Waals surface area (Å²) in [7, 11) is 1.61. The van der Waals surface area contributed by atoms with Crippen molar-refractivity contribution < 1.29 is 9.53 Å². The molecule has 2 aromatic carbocycles. The lowest BCUT2D eigenvalue weighted by atomic mass is 10.1. The molecule has 2 heterocycles. The third-order valence-corrected chi connectivity index (χ3v) is 5.18. The molecule has 152 valence electrons. The maximum absolute atomic E-state index is 12.5. The van der Waals surface area contributed by atoms with Gasteiger partial charge in [0.2, 0.25) is 0 Å². The van der Waals surface area contributed by atoms with Crippen LogP contribution in [0.2, 0.25) is 10.0 Å². The van der Waals surface area contributed by atoms with E-state index in [-0.39, 0.29) is 5.91 Å². The molecule has 0 bridgehead atoms. The number of aromatic nitrogens is 4. The van der Waals surface area contributed by atoms with Crippen LogP contribution in [0.4, 0.5) is 5.82 Å². The Morgan fingerprint density at radius 2 is 1.87 bits per heavy atom. The minimum absolute atomic E-state index is 0.324. The van der Waals surface area contributed by atoms with Crippen LogP contribution in [-0.2, 0) is 6.54 Å². The Hall–Kier alpha value is -3.29. The van der Waals surface area contributed by atoms with Gasteiger partial charge in [0.1, 0.15) is 11.4 Å². The number of halogens is 2. The summed E-state index contributed by atoms with van der Waals surface area (Å²) in [5.74, 6) is 0.813. The molecule has 0 saturated heterocycles. The molecule has 7 nitrogen and oxygen atoms in total. The molecule has 0 atom stereocenters. The van der Waals surface area contributed by atoms with Gasteiger partial charge < -0.3 is 10.1 Å². The van der Waals surface area contributed by atoms with Crippen LogP contribution in [0.25, 0.3) is 11.3 Å². The van der Waals surface area contributed by atoms with Crippen molar-refractivity contribution in [2.75, 3.05) is 12.4 Å². The van der Waals surface area contributed by atoms with Crippen molar-refractivity contribution in [1.29, 1.82) is 0 Å². The third kappa shape index (κ3) is 4.32.